The van der Waals surface area contributed by atoms with Crippen molar-refractivity contribution >= 4 is 0 Å². The fraction of sp³-hybridized carbons (Fsp3) is 0.500. The summed E-state index contributed by atoms with van der Waals surface area (Å²) in [4.78, 5) is 13.4. The first-order valence-corrected chi connectivity index (χ1v) is 9.11. The third-order valence-corrected chi connectivity index (χ3v) is 4.86. The molecule has 0 N–H and O–H groups in total. The average Bonchev–Trinajstić information content (AvgIpc) is 2.62. The van der Waals surface area contributed by atoms with Gasteiger partial charge in [0.15, 0.2) is 0 Å². The van der Waals surface area contributed by atoms with Crippen LogP contribution in [0.15, 0.2) is 42.7 Å². The van der Waals surface area contributed by atoms with Gasteiger partial charge in [-0.25, -0.2) is 14.4 Å². The van der Waals surface area contributed by atoms with Crippen molar-refractivity contribution in [3.8, 4) is 0 Å². The summed E-state index contributed by atoms with van der Waals surface area (Å²) in [5.41, 5.74) is 0.822. The number of hydrogen-bond donors (Lipinski definition) is 0. The van der Waals surface area contributed by atoms with E-state index in [1.54, 1.807) is 24.5 Å². The second-order valence-electron chi connectivity index (χ2n) is 7.01. The summed E-state index contributed by atoms with van der Waals surface area (Å²) in [5.74, 6) is 1.44. The summed E-state index contributed by atoms with van der Waals surface area (Å²) in [5, 5.41) is 0. The molecule has 0 bridgehead atoms. The van der Waals surface area contributed by atoms with Crippen LogP contribution < -0.4 is 0 Å². The van der Waals surface area contributed by atoms with Crippen molar-refractivity contribution in [3.63, 3.8) is 0 Å². The second kappa shape index (κ2) is 9.02. The molecule has 0 saturated carbocycles. The normalized spacial score (nSPS) is 18.6. The Morgan fingerprint density at radius 3 is 2.80 bits per heavy atom. The van der Waals surface area contributed by atoms with E-state index in [1.807, 2.05) is 18.2 Å². The number of piperidine rings is 1. The van der Waals surface area contributed by atoms with Gasteiger partial charge < -0.3 is 4.90 Å². The summed E-state index contributed by atoms with van der Waals surface area (Å²) < 4.78 is 13.8. The van der Waals surface area contributed by atoms with Crippen molar-refractivity contribution in [2.24, 2.45) is 5.92 Å². The smallest absolute Gasteiger partial charge is 0.142 e. The molecule has 1 saturated heterocycles. The van der Waals surface area contributed by atoms with Gasteiger partial charge in [-0.3, -0.25) is 4.90 Å². The Kier molecular flexibility index (Phi) is 6.48. The average molecular weight is 342 g/mol. The molecule has 2 aromatic rings. The van der Waals surface area contributed by atoms with E-state index in [4.69, 9.17) is 0 Å². The minimum Gasteiger partial charge on any atom is -0.303 e. The molecule has 1 fully saturated rings. The van der Waals surface area contributed by atoms with E-state index in [0.717, 1.165) is 50.5 Å². The Labute approximate surface area is 149 Å². The molecule has 2 heterocycles. The van der Waals surface area contributed by atoms with Gasteiger partial charge in [0, 0.05) is 32.0 Å². The minimum absolute atomic E-state index is 0.0846. The van der Waals surface area contributed by atoms with E-state index in [0.29, 0.717) is 5.92 Å². The van der Waals surface area contributed by atoms with Gasteiger partial charge in [-0.15, -0.1) is 0 Å². The number of likely N-dealkylation sites (tertiary alicyclic amines) is 1. The van der Waals surface area contributed by atoms with Gasteiger partial charge >= 0.3 is 0 Å². The lowest BCUT2D eigenvalue weighted by Gasteiger charge is -2.34. The van der Waals surface area contributed by atoms with Crippen LogP contribution in [-0.2, 0) is 13.0 Å². The SMILES string of the molecule is CN(Cc1ncccn1)C[C@H]1CCCN(CCc2ccccc2F)C1. The Bertz CT molecular complexity index is 649. The summed E-state index contributed by atoms with van der Waals surface area (Å²) in [6.07, 6.45) is 6.85. The van der Waals surface area contributed by atoms with Crippen LogP contribution in [0.25, 0.3) is 0 Å². The fourth-order valence-corrected chi connectivity index (χ4v) is 3.64. The quantitative estimate of drug-likeness (QED) is 0.774. The maximum atomic E-state index is 13.8. The molecular weight excluding hydrogens is 315 g/mol. The monoisotopic (exact) mass is 342 g/mol. The number of rotatable bonds is 7. The predicted octanol–water partition coefficient (Wildman–Crippen LogP) is 3.00. The van der Waals surface area contributed by atoms with E-state index >= 15 is 0 Å². The lowest BCUT2D eigenvalue weighted by molar-refractivity contribution is 0.141. The highest BCUT2D eigenvalue weighted by atomic mass is 19.1. The Morgan fingerprint density at radius 1 is 1.20 bits per heavy atom. The molecule has 0 amide bonds. The molecule has 0 spiro atoms. The number of nitrogens with zero attached hydrogens (tertiary/aromatic N) is 4. The standard InChI is InChI=1S/C20H27FN4/c1-24(16-20-22-10-5-11-23-20)14-17-6-4-12-25(15-17)13-9-18-7-2-3-8-19(18)21/h2-3,5,7-8,10-11,17H,4,6,9,12-16H2,1H3/t17-/m1/s1. The third-order valence-electron chi connectivity index (χ3n) is 4.86. The van der Waals surface area contributed by atoms with Crippen LogP contribution in [0, 0.1) is 11.7 Å². The molecule has 4 nitrogen and oxygen atoms in total. The fourth-order valence-electron chi connectivity index (χ4n) is 3.64. The Balaban J connectivity index is 1.45. The number of halogens is 1. The molecule has 0 radical (unpaired) electrons. The summed E-state index contributed by atoms with van der Waals surface area (Å²) in [6.45, 7) is 4.98. The van der Waals surface area contributed by atoms with Gasteiger partial charge in [0.05, 0.1) is 6.54 Å². The number of hydrogen-bond acceptors (Lipinski definition) is 4. The van der Waals surface area contributed by atoms with Crippen molar-refractivity contribution in [2.75, 3.05) is 33.2 Å². The zero-order valence-electron chi connectivity index (χ0n) is 14.9. The molecule has 1 aromatic heterocycles. The van der Waals surface area contributed by atoms with Crippen molar-refractivity contribution < 1.29 is 4.39 Å². The van der Waals surface area contributed by atoms with Gasteiger partial charge in [0.25, 0.3) is 0 Å². The zero-order chi connectivity index (χ0) is 17.5. The van der Waals surface area contributed by atoms with E-state index in [1.165, 1.54) is 12.8 Å². The molecule has 3 rings (SSSR count). The Morgan fingerprint density at radius 2 is 2.00 bits per heavy atom. The van der Waals surface area contributed by atoms with Crippen LogP contribution >= 0.6 is 0 Å². The van der Waals surface area contributed by atoms with Crippen molar-refractivity contribution in [1.82, 2.24) is 19.8 Å². The van der Waals surface area contributed by atoms with E-state index in [2.05, 4.69) is 26.8 Å². The minimum atomic E-state index is -0.0846. The van der Waals surface area contributed by atoms with Crippen LogP contribution in [-0.4, -0.2) is 53.0 Å². The maximum absolute atomic E-state index is 13.8. The highest BCUT2D eigenvalue weighted by molar-refractivity contribution is 5.17. The van der Waals surface area contributed by atoms with Crippen LogP contribution in [0.4, 0.5) is 4.39 Å². The van der Waals surface area contributed by atoms with Gasteiger partial charge in [-0.05, 0) is 56.5 Å². The molecule has 1 atom stereocenters. The molecule has 25 heavy (non-hydrogen) atoms. The molecular formula is C20H27FN4. The third kappa shape index (κ3) is 5.58. The highest BCUT2D eigenvalue weighted by Gasteiger charge is 2.21. The molecule has 5 heteroatoms. The Hall–Kier alpha value is -1.85. The molecule has 1 aliphatic rings. The second-order valence-corrected chi connectivity index (χ2v) is 7.01. The van der Waals surface area contributed by atoms with Crippen LogP contribution in [0.1, 0.15) is 24.2 Å². The first kappa shape index (κ1) is 18.0. The topological polar surface area (TPSA) is 32.3 Å². The van der Waals surface area contributed by atoms with Gasteiger partial charge in [0.1, 0.15) is 11.6 Å². The van der Waals surface area contributed by atoms with Crippen molar-refractivity contribution in [2.45, 2.75) is 25.8 Å². The van der Waals surface area contributed by atoms with E-state index in [9.17, 15) is 4.39 Å². The molecule has 1 aromatic carbocycles. The van der Waals surface area contributed by atoms with Crippen LogP contribution in [0.3, 0.4) is 0 Å². The van der Waals surface area contributed by atoms with Crippen molar-refractivity contribution in [1.29, 1.82) is 0 Å². The summed E-state index contributed by atoms with van der Waals surface area (Å²) >= 11 is 0. The van der Waals surface area contributed by atoms with Crippen LogP contribution in [0.5, 0.6) is 0 Å². The first-order chi connectivity index (χ1) is 12.2. The van der Waals surface area contributed by atoms with Crippen LogP contribution in [0.2, 0.25) is 0 Å². The molecule has 1 aliphatic heterocycles. The van der Waals surface area contributed by atoms with Crippen molar-refractivity contribution in [3.05, 3.63) is 59.9 Å². The predicted molar refractivity (Wildman–Crippen MR) is 97.6 cm³/mol. The first-order valence-electron chi connectivity index (χ1n) is 9.11. The largest absolute Gasteiger partial charge is 0.303 e. The van der Waals surface area contributed by atoms with Gasteiger partial charge in [-0.1, -0.05) is 18.2 Å². The maximum Gasteiger partial charge on any atom is 0.142 e. The zero-order valence-corrected chi connectivity index (χ0v) is 14.9. The lowest BCUT2D eigenvalue weighted by Crippen LogP contribution is -2.41. The van der Waals surface area contributed by atoms with Gasteiger partial charge in [0.2, 0.25) is 0 Å². The number of benzene rings is 1. The molecule has 0 aliphatic carbocycles. The van der Waals surface area contributed by atoms with Gasteiger partial charge in [-0.2, -0.15) is 0 Å². The highest BCUT2D eigenvalue weighted by Crippen LogP contribution is 2.18. The summed E-state index contributed by atoms with van der Waals surface area (Å²) in [7, 11) is 2.13. The molecule has 0 unspecified atom stereocenters. The van der Waals surface area contributed by atoms with E-state index < -0.39 is 0 Å². The van der Waals surface area contributed by atoms with E-state index in [-0.39, 0.29) is 5.82 Å². The number of aromatic nitrogens is 2. The summed E-state index contributed by atoms with van der Waals surface area (Å²) in [6, 6.07) is 8.96. The molecule has 134 valence electrons. The lowest BCUT2D eigenvalue weighted by atomic mass is 9.97.